The number of carbonyl (C=O) groups is 3. The van der Waals surface area contributed by atoms with Gasteiger partial charge in [0.05, 0.1) is 19.8 Å². The standard InChI is InChI=1S/C28H30N2O5.C2H2O4/c1-33-22-12-10-19(11-13-22)25(26-17-30-27-9-4-3-8-24(26)27)16-29-15-21(31)18-35-23-7-5-6-20(14-23)28(32)34-2;3-1(4)2(5)6/h3-14,17,21,25,29-31H,15-16,18H2,1-2H3;(H,3,4)(H,5,6). The number of ether oxygens (including phenoxy) is 3. The molecule has 0 saturated carbocycles. The molecule has 0 bridgehead atoms. The highest BCUT2D eigenvalue weighted by Gasteiger charge is 2.19. The van der Waals surface area contributed by atoms with Crippen molar-refractivity contribution in [3.05, 3.63) is 95.7 Å². The van der Waals surface area contributed by atoms with E-state index in [-0.39, 0.29) is 12.5 Å². The Balaban J connectivity index is 0.000000696. The Morgan fingerprint density at radius 2 is 1.59 bits per heavy atom. The largest absolute Gasteiger partial charge is 0.497 e. The van der Waals surface area contributed by atoms with Crippen molar-refractivity contribution in [1.29, 1.82) is 0 Å². The van der Waals surface area contributed by atoms with E-state index in [0.29, 0.717) is 24.4 Å². The Hall–Kier alpha value is -4.87. The summed E-state index contributed by atoms with van der Waals surface area (Å²) in [5.41, 5.74) is 3.82. The van der Waals surface area contributed by atoms with Gasteiger partial charge in [-0.2, -0.15) is 0 Å². The molecule has 2 unspecified atom stereocenters. The van der Waals surface area contributed by atoms with Crippen molar-refractivity contribution in [2.24, 2.45) is 0 Å². The zero-order valence-electron chi connectivity index (χ0n) is 22.6. The number of fused-ring (bicyclic) bond motifs is 1. The van der Waals surface area contributed by atoms with Crippen molar-refractivity contribution >= 4 is 28.8 Å². The predicted molar refractivity (Wildman–Crippen MR) is 151 cm³/mol. The normalized spacial score (nSPS) is 12.0. The van der Waals surface area contributed by atoms with Gasteiger partial charge in [-0.05, 0) is 47.5 Å². The van der Waals surface area contributed by atoms with Crippen LogP contribution in [0.2, 0.25) is 0 Å². The number of aliphatic carboxylic acids is 2. The number of H-pyrrole nitrogens is 1. The highest BCUT2D eigenvalue weighted by molar-refractivity contribution is 6.27. The van der Waals surface area contributed by atoms with Crippen LogP contribution >= 0.6 is 0 Å². The number of benzene rings is 3. The first kappa shape index (κ1) is 30.7. The molecule has 3 aromatic carbocycles. The summed E-state index contributed by atoms with van der Waals surface area (Å²) in [6, 6.07) is 23.0. The van der Waals surface area contributed by atoms with Crippen molar-refractivity contribution in [2.75, 3.05) is 33.9 Å². The molecule has 41 heavy (non-hydrogen) atoms. The van der Waals surface area contributed by atoms with Crippen LogP contribution in [0.3, 0.4) is 0 Å². The number of nitrogens with one attached hydrogen (secondary N) is 2. The summed E-state index contributed by atoms with van der Waals surface area (Å²) in [6.07, 6.45) is 1.32. The first-order valence-electron chi connectivity index (χ1n) is 12.6. The highest BCUT2D eigenvalue weighted by Crippen LogP contribution is 2.31. The molecule has 0 amide bonds. The van der Waals surface area contributed by atoms with Crippen LogP contribution in [0.5, 0.6) is 11.5 Å². The molecule has 216 valence electrons. The number of para-hydroxylation sites is 1. The van der Waals surface area contributed by atoms with E-state index in [4.69, 9.17) is 34.0 Å². The third-order valence-corrected chi connectivity index (χ3v) is 6.12. The first-order chi connectivity index (χ1) is 19.7. The molecule has 0 aliphatic heterocycles. The number of hydrogen-bond donors (Lipinski definition) is 5. The SMILES string of the molecule is COC(=O)c1cccc(OCC(O)CNCC(c2ccc(OC)cc2)c2c[nH]c3ccccc23)c1.O=C(O)C(=O)O. The zero-order chi connectivity index (χ0) is 29.8. The number of aromatic nitrogens is 1. The van der Waals surface area contributed by atoms with Crippen LogP contribution in [0.25, 0.3) is 10.9 Å². The Morgan fingerprint density at radius 3 is 2.24 bits per heavy atom. The summed E-state index contributed by atoms with van der Waals surface area (Å²) in [5.74, 6) is -2.70. The summed E-state index contributed by atoms with van der Waals surface area (Å²) in [5, 5.41) is 29.8. The maximum absolute atomic E-state index is 11.7. The lowest BCUT2D eigenvalue weighted by atomic mass is 9.90. The second kappa shape index (κ2) is 15.1. The topological polar surface area (TPSA) is 167 Å². The average molecular weight is 565 g/mol. The van der Waals surface area contributed by atoms with Crippen LogP contribution < -0.4 is 14.8 Å². The molecule has 4 rings (SSSR count). The first-order valence-corrected chi connectivity index (χ1v) is 12.6. The van der Waals surface area contributed by atoms with Crippen molar-refractivity contribution in [3.63, 3.8) is 0 Å². The second-order valence-corrected chi connectivity index (χ2v) is 8.87. The van der Waals surface area contributed by atoms with Gasteiger partial charge < -0.3 is 39.8 Å². The lowest BCUT2D eigenvalue weighted by molar-refractivity contribution is -0.159. The number of aliphatic hydroxyl groups is 1. The number of aromatic amines is 1. The molecule has 2 atom stereocenters. The molecule has 1 aromatic heterocycles. The van der Waals surface area contributed by atoms with E-state index in [1.165, 1.54) is 18.1 Å². The molecule has 0 aliphatic rings. The number of methoxy groups -OCH3 is 2. The molecule has 0 radical (unpaired) electrons. The van der Waals surface area contributed by atoms with Crippen LogP contribution in [0.1, 0.15) is 27.4 Å². The summed E-state index contributed by atoms with van der Waals surface area (Å²) >= 11 is 0. The molecular weight excluding hydrogens is 532 g/mol. The summed E-state index contributed by atoms with van der Waals surface area (Å²) < 4.78 is 15.7. The Kier molecular flexibility index (Phi) is 11.3. The van der Waals surface area contributed by atoms with Gasteiger partial charge in [0.1, 0.15) is 24.2 Å². The van der Waals surface area contributed by atoms with Crippen LogP contribution in [-0.4, -0.2) is 78.2 Å². The molecule has 0 spiro atoms. The van der Waals surface area contributed by atoms with Gasteiger partial charge in [0.15, 0.2) is 0 Å². The fourth-order valence-corrected chi connectivity index (χ4v) is 4.10. The van der Waals surface area contributed by atoms with Crippen LogP contribution in [0, 0.1) is 0 Å². The summed E-state index contributed by atoms with van der Waals surface area (Å²) in [7, 11) is 2.99. The predicted octanol–water partition coefficient (Wildman–Crippen LogP) is 3.28. The van der Waals surface area contributed by atoms with Gasteiger partial charge in [-0.15, -0.1) is 0 Å². The Bertz CT molecular complexity index is 1440. The molecule has 1 heterocycles. The van der Waals surface area contributed by atoms with Crippen LogP contribution in [0.15, 0.2) is 79.0 Å². The number of aliphatic hydroxyl groups excluding tert-OH is 1. The molecule has 5 N–H and O–H groups in total. The van der Waals surface area contributed by atoms with Gasteiger partial charge in [-0.3, -0.25) is 0 Å². The monoisotopic (exact) mass is 564 g/mol. The van der Waals surface area contributed by atoms with E-state index in [9.17, 15) is 9.90 Å². The number of carboxylic acids is 2. The lowest BCUT2D eigenvalue weighted by Crippen LogP contribution is -2.34. The van der Waals surface area contributed by atoms with E-state index in [1.807, 2.05) is 24.3 Å². The van der Waals surface area contributed by atoms with Gasteiger partial charge >= 0.3 is 17.9 Å². The fourth-order valence-electron chi connectivity index (χ4n) is 4.10. The summed E-state index contributed by atoms with van der Waals surface area (Å²) in [4.78, 5) is 33.3. The van der Waals surface area contributed by atoms with Gasteiger partial charge in [0.2, 0.25) is 0 Å². The van der Waals surface area contributed by atoms with E-state index in [1.54, 1.807) is 31.4 Å². The number of rotatable bonds is 11. The van der Waals surface area contributed by atoms with Crippen molar-refractivity contribution in [3.8, 4) is 11.5 Å². The van der Waals surface area contributed by atoms with Crippen LogP contribution in [-0.2, 0) is 14.3 Å². The van der Waals surface area contributed by atoms with E-state index < -0.39 is 24.0 Å². The molecule has 11 heteroatoms. The maximum Gasteiger partial charge on any atom is 0.414 e. The van der Waals surface area contributed by atoms with Gasteiger partial charge in [-0.25, -0.2) is 14.4 Å². The van der Waals surface area contributed by atoms with E-state index in [2.05, 4.69) is 40.8 Å². The van der Waals surface area contributed by atoms with Crippen LogP contribution in [0.4, 0.5) is 0 Å². The minimum absolute atomic E-state index is 0.0712. The molecule has 0 saturated heterocycles. The van der Waals surface area contributed by atoms with Gasteiger partial charge in [0.25, 0.3) is 0 Å². The number of esters is 1. The summed E-state index contributed by atoms with van der Waals surface area (Å²) in [6.45, 7) is 1.08. The minimum atomic E-state index is -1.82. The third-order valence-electron chi connectivity index (χ3n) is 6.12. The molecule has 0 fully saturated rings. The zero-order valence-corrected chi connectivity index (χ0v) is 22.6. The average Bonchev–Trinajstić information content (AvgIpc) is 3.42. The van der Waals surface area contributed by atoms with Crippen molar-refractivity contribution in [1.82, 2.24) is 10.3 Å². The van der Waals surface area contributed by atoms with E-state index in [0.717, 1.165) is 16.8 Å². The second-order valence-electron chi connectivity index (χ2n) is 8.87. The van der Waals surface area contributed by atoms with Gasteiger partial charge in [-0.1, -0.05) is 36.4 Å². The molecular formula is C30H32N2O9. The lowest BCUT2D eigenvalue weighted by Gasteiger charge is -2.20. The number of carboxylic acid groups (broad SMARTS) is 2. The molecule has 4 aromatic rings. The van der Waals surface area contributed by atoms with Crippen molar-refractivity contribution < 1.29 is 43.9 Å². The highest BCUT2D eigenvalue weighted by atomic mass is 16.5. The van der Waals surface area contributed by atoms with E-state index >= 15 is 0 Å². The third kappa shape index (κ3) is 8.82. The van der Waals surface area contributed by atoms with Crippen molar-refractivity contribution in [2.45, 2.75) is 12.0 Å². The maximum atomic E-state index is 11.7. The molecule has 0 aliphatic carbocycles. The smallest absolute Gasteiger partial charge is 0.414 e. The number of carbonyl (C=O) groups excluding carboxylic acids is 1. The molecule has 11 nitrogen and oxygen atoms in total. The Labute approximate surface area is 236 Å². The number of hydrogen-bond acceptors (Lipinski definition) is 8. The Morgan fingerprint density at radius 1 is 0.878 bits per heavy atom. The quantitative estimate of drug-likeness (QED) is 0.135. The fraction of sp³-hybridized carbons (Fsp3) is 0.233. The van der Waals surface area contributed by atoms with Gasteiger partial charge in [0, 0.05) is 36.1 Å². The minimum Gasteiger partial charge on any atom is -0.497 e.